The van der Waals surface area contributed by atoms with Crippen LogP contribution in [0, 0.1) is 6.92 Å². The van der Waals surface area contributed by atoms with Crippen LogP contribution in [0.2, 0.25) is 0 Å². The average Bonchev–Trinajstić information content (AvgIpc) is 3.16. The van der Waals surface area contributed by atoms with Crippen molar-refractivity contribution in [2.45, 2.75) is 51.4 Å². The largest absolute Gasteiger partial charge is 0.381 e. The highest BCUT2D eigenvalue weighted by molar-refractivity contribution is 5.41. The topological polar surface area (TPSA) is 98.8 Å². The lowest BCUT2D eigenvalue weighted by atomic mass is 9.95. The van der Waals surface area contributed by atoms with Crippen molar-refractivity contribution in [3.63, 3.8) is 0 Å². The highest BCUT2D eigenvalue weighted by Crippen LogP contribution is 2.25. The monoisotopic (exact) mass is 354 g/mol. The minimum absolute atomic E-state index is 0.303. The van der Waals surface area contributed by atoms with E-state index in [4.69, 9.17) is 20.4 Å². The summed E-state index contributed by atoms with van der Waals surface area (Å²) in [5.41, 5.74) is 10.6. The maximum atomic E-state index is 5.88. The summed E-state index contributed by atoms with van der Waals surface area (Å²) in [7, 11) is 0. The van der Waals surface area contributed by atoms with Crippen LogP contribution < -0.4 is 11.1 Å². The van der Waals surface area contributed by atoms with Crippen LogP contribution in [0.15, 0.2) is 6.07 Å². The molecule has 0 saturated carbocycles. The second-order valence-corrected chi connectivity index (χ2v) is 7.13. The molecule has 138 valence electrons. The van der Waals surface area contributed by atoms with Gasteiger partial charge >= 0.3 is 0 Å². The molecule has 7 nitrogen and oxygen atoms in total. The highest BCUT2D eigenvalue weighted by Gasteiger charge is 2.20. The molecule has 3 heterocycles. The Labute approximate surface area is 153 Å². The molecular formula is C19H26N6O. The Morgan fingerprint density at radius 2 is 2.08 bits per heavy atom. The van der Waals surface area contributed by atoms with Crippen LogP contribution in [0.3, 0.4) is 0 Å². The molecule has 2 aliphatic rings. The van der Waals surface area contributed by atoms with Crippen LogP contribution in [0.1, 0.15) is 53.7 Å². The molecule has 0 radical (unpaired) electrons. The van der Waals surface area contributed by atoms with Gasteiger partial charge in [-0.3, -0.25) is 0 Å². The van der Waals surface area contributed by atoms with Crippen molar-refractivity contribution in [1.29, 1.82) is 0 Å². The van der Waals surface area contributed by atoms with E-state index in [1.807, 2.05) is 6.07 Å². The minimum atomic E-state index is 0.303. The van der Waals surface area contributed by atoms with E-state index in [1.54, 1.807) is 0 Å². The molecule has 0 spiro atoms. The fraction of sp³-hybridized carbons (Fsp3) is 0.579. The summed E-state index contributed by atoms with van der Waals surface area (Å²) in [4.78, 5) is 18.1. The number of nitrogens with zero attached hydrogens (tertiary/aromatic N) is 4. The van der Waals surface area contributed by atoms with E-state index in [2.05, 4.69) is 22.2 Å². The lowest BCUT2D eigenvalue weighted by molar-refractivity contribution is 0.193. The Hall–Kier alpha value is -2.28. The van der Waals surface area contributed by atoms with Crippen molar-refractivity contribution in [2.75, 3.05) is 30.8 Å². The van der Waals surface area contributed by atoms with E-state index in [1.165, 1.54) is 24.1 Å². The van der Waals surface area contributed by atoms with E-state index in [0.29, 0.717) is 18.5 Å². The summed E-state index contributed by atoms with van der Waals surface area (Å²) in [6.07, 6.45) is 6.43. The van der Waals surface area contributed by atoms with Crippen LogP contribution in [-0.2, 0) is 24.0 Å². The lowest BCUT2D eigenvalue weighted by Crippen LogP contribution is -2.15. The van der Waals surface area contributed by atoms with E-state index >= 15 is 0 Å². The number of nitrogens with one attached hydrogen (secondary N) is 1. The Bertz CT molecular complexity index is 788. The minimum Gasteiger partial charge on any atom is -0.381 e. The first-order valence-corrected chi connectivity index (χ1v) is 9.50. The van der Waals surface area contributed by atoms with Crippen LogP contribution in [-0.4, -0.2) is 39.7 Å². The fourth-order valence-electron chi connectivity index (χ4n) is 3.81. The predicted molar refractivity (Wildman–Crippen MR) is 100 cm³/mol. The molecule has 26 heavy (non-hydrogen) atoms. The summed E-state index contributed by atoms with van der Waals surface area (Å²) in [6, 6.07) is 1.98. The highest BCUT2D eigenvalue weighted by atomic mass is 16.5. The van der Waals surface area contributed by atoms with Crippen molar-refractivity contribution < 1.29 is 4.74 Å². The molecule has 1 aliphatic heterocycles. The standard InChI is InChI=1S/C19H26N6O/c1-12-14-4-2-3-5-15(14)23-17(22-12)6-8-21-18-10-16(24-19(20)25-18)13-7-9-26-11-13/h10,13H,2-9,11H2,1H3,(H3,20,21,24,25)/t13-/m0/s1. The van der Waals surface area contributed by atoms with Crippen molar-refractivity contribution >= 4 is 11.8 Å². The molecule has 0 bridgehead atoms. The maximum absolute atomic E-state index is 5.88. The number of ether oxygens (including phenoxy) is 1. The molecule has 2 aromatic rings. The van der Waals surface area contributed by atoms with Gasteiger partial charge in [-0.1, -0.05) is 0 Å². The first-order valence-electron chi connectivity index (χ1n) is 9.50. The van der Waals surface area contributed by atoms with Gasteiger partial charge in [0.2, 0.25) is 5.95 Å². The van der Waals surface area contributed by atoms with E-state index in [0.717, 1.165) is 61.9 Å². The number of hydrogen-bond acceptors (Lipinski definition) is 7. The Morgan fingerprint density at radius 1 is 1.19 bits per heavy atom. The maximum Gasteiger partial charge on any atom is 0.222 e. The molecule has 1 aliphatic carbocycles. The number of anilines is 2. The average molecular weight is 354 g/mol. The number of aromatic nitrogens is 4. The Balaban J connectivity index is 1.41. The third kappa shape index (κ3) is 3.77. The van der Waals surface area contributed by atoms with Crippen LogP contribution in [0.5, 0.6) is 0 Å². The number of nitrogen functional groups attached to an aromatic ring is 1. The smallest absolute Gasteiger partial charge is 0.222 e. The fourth-order valence-corrected chi connectivity index (χ4v) is 3.81. The van der Waals surface area contributed by atoms with Crippen LogP contribution >= 0.6 is 0 Å². The van der Waals surface area contributed by atoms with Gasteiger partial charge in [-0.05, 0) is 44.6 Å². The van der Waals surface area contributed by atoms with Gasteiger partial charge in [0, 0.05) is 42.9 Å². The van der Waals surface area contributed by atoms with E-state index in [-0.39, 0.29) is 0 Å². The number of rotatable bonds is 5. The number of nitrogens with two attached hydrogens (primary N) is 1. The van der Waals surface area contributed by atoms with Crippen molar-refractivity contribution in [2.24, 2.45) is 0 Å². The second-order valence-electron chi connectivity index (χ2n) is 7.13. The normalized spacial score (nSPS) is 19.3. The number of aryl methyl sites for hydroxylation is 2. The van der Waals surface area contributed by atoms with Gasteiger partial charge in [0.05, 0.1) is 12.3 Å². The molecule has 1 saturated heterocycles. The molecule has 0 unspecified atom stereocenters. The van der Waals surface area contributed by atoms with Crippen molar-refractivity contribution in [1.82, 2.24) is 19.9 Å². The molecule has 7 heteroatoms. The summed E-state index contributed by atoms with van der Waals surface area (Å²) in [5, 5.41) is 3.35. The van der Waals surface area contributed by atoms with E-state index < -0.39 is 0 Å². The predicted octanol–water partition coefficient (Wildman–Crippen LogP) is 2.19. The quantitative estimate of drug-likeness (QED) is 0.849. The first kappa shape index (κ1) is 17.1. The number of hydrogen-bond donors (Lipinski definition) is 2. The SMILES string of the molecule is Cc1nc(CCNc2cc([C@H]3CCOC3)nc(N)n2)nc2c1CCCC2. The molecule has 0 aromatic carbocycles. The van der Waals surface area contributed by atoms with Crippen molar-refractivity contribution in [3.8, 4) is 0 Å². The summed E-state index contributed by atoms with van der Waals surface area (Å²) >= 11 is 0. The van der Waals surface area contributed by atoms with E-state index in [9.17, 15) is 0 Å². The molecule has 4 rings (SSSR count). The van der Waals surface area contributed by atoms with Crippen LogP contribution in [0.25, 0.3) is 0 Å². The van der Waals surface area contributed by atoms with Gasteiger partial charge in [0.25, 0.3) is 0 Å². The summed E-state index contributed by atoms with van der Waals surface area (Å²) in [6.45, 7) is 4.31. The third-order valence-corrected chi connectivity index (χ3v) is 5.20. The zero-order valence-corrected chi connectivity index (χ0v) is 15.3. The van der Waals surface area contributed by atoms with Gasteiger partial charge < -0.3 is 15.8 Å². The summed E-state index contributed by atoms with van der Waals surface area (Å²) in [5.74, 6) is 2.28. The zero-order valence-electron chi connectivity index (χ0n) is 15.3. The lowest BCUT2D eigenvalue weighted by Gasteiger charge is -2.17. The zero-order chi connectivity index (χ0) is 17.9. The third-order valence-electron chi connectivity index (χ3n) is 5.20. The summed E-state index contributed by atoms with van der Waals surface area (Å²) < 4.78 is 5.45. The van der Waals surface area contributed by atoms with Crippen LogP contribution in [0.4, 0.5) is 11.8 Å². The Morgan fingerprint density at radius 3 is 2.92 bits per heavy atom. The molecule has 3 N–H and O–H groups in total. The molecule has 0 amide bonds. The molecule has 2 aromatic heterocycles. The van der Waals surface area contributed by atoms with Gasteiger partial charge in [0.15, 0.2) is 0 Å². The van der Waals surface area contributed by atoms with Gasteiger partial charge in [-0.2, -0.15) is 4.98 Å². The Kier molecular flexibility index (Phi) is 4.97. The van der Waals surface area contributed by atoms with Gasteiger partial charge in [0.1, 0.15) is 11.6 Å². The number of fused-ring (bicyclic) bond motifs is 1. The second kappa shape index (κ2) is 7.53. The molecule has 1 fully saturated rings. The molecular weight excluding hydrogens is 328 g/mol. The van der Waals surface area contributed by atoms with Gasteiger partial charge in [-0.15, -0.1) is 0 Å². The first-order chi connectivity index (χ1) is 12.7. The van der Waals surface area contributed by atoms with Gasteiger partial charge in [-0.25, -0.2) is 15.0 Å². The molecule has 1 atom stereocenters. The van der Waals surface area contributed by atoms with Crippen molar-refractivity contribution in [3.05, 3.63) is 34.5 Å².